The van der Waals surface area contributed by atoms with E-state index < -0.39 is 11.3 Å². The number of aryl methyl sites for hydroxylation is 1. The maximum Gasteiger partial charge on any atom is 0.295 e. The van der Waals surface area contributed by atoms with Gasteiger partial charge in [-0.3, -0.25) is 19.1 Å². The summed E-state index contributed by atoms with van der Waals surface area (Å²) in [4.78, 5) is 39.6. The van der Waals surface area contributed by atoms with Crippen molar-refractivity contribution in [2.24, 2.45) is 14.1 Å². The van der Waals surface area contributed by atoms with Crippen LogP contribution < -0.4 is 16.4 Å². The number of allylic oxidation sites excluding steroid dienone is 1. The van der Waals surface area contributed by atoms with E-state index >= 15 is 0 Å². The molecule has 5 rings (SSSR count). The number of ketones is 1. The lowest BCUT2D eigenvalue weighted by Crippen LogP contribution is -2.24. The predicted molar refractivity (Wildman–Crippen MR) is 157 cm³/mol. The third-order valence-corrected chi connectivity index (χ3v) is 7.24. The van der Waals surface area contributed by atoms with Crippen molar-refractivity contribution in [3.05, 3.63) is 135 Å². The third kappa shape index (κ3) is 4.75. The van der Waals surface area contributed by atoms with Gasteiger partial charge in [0.1, 0.15) is 17.0 Å². The van der Waals surface area contributed by atoms with Gasteiger partial charge < -0.3 is 15.0 Å². The minimum atomic E-state index is -0.585. The van der Waals surface area contributed by atoms with Crippen LogP contribution in [0.25, 0.3) is 16.6 Å². The van der Waals surface area contributed by atoms with Crippen LogP contribution in [0.5, 0.6) is 5.75 Å². The highest BCUT2D eigenvalue weighted by Gasteiger charge is 2.21. The van der Waals surface area contributed by atoms with Crippen LogP contribution in [-0.4, -0.2) is 24.8 Å². The summed E-state index contributed by atoms with van der Waals surface area (Å²) in [5, 5.41) is 14.6. The molecule has 40 heavy (non-hydrogen) atoms. The number of fused-ring (bicyclic) bond motifs is 1. The quantitative estimate of drug-likeness (QED) is 0.215. The summed E-state index contributed by atoms with van der Waals surface area (Å²) in [6, 6.07) is 25.6. The number of para-hydroxylation sites is 2. The standard InChI is InChI=1S/C32H30N4O4/c1-21-29(32(40)36(35(21)3)23-15-8-5-9-16-23)33-25(22-13-6-4-7-14-22)18-12-20-27(37)28-30(38)24-17-10-11-19-26(24)34(2)31(28)39/h4-17,19-20,25,33,38H,18H2,1-3H3. The third-order valence-electron chi connectivity index (χ3n) is 7.24. The van der Waals surface area contributed by atoms with Gasteiger partial charge >= 0.3 is 0 Å². The average Bonchev–Trinajstić information content (AvgIpc) is 3.19. The second-order valence-corrected chi connectivity index (χ2v) is 9.65. The molecule has 8 nitrogen and oxygen atoms in total. The van der Waals surface area contributed by atoms with Crippen molar-refractivity contribution in [2.45, 2.75) is 19.4 Å². The van der Waals surface area contributed by atoms with Crippen molar-refractivity contribution in [2.75, 3.05) is 5.32 Å². The van der Waals surface area contributed by atoms with E-state index in [0.717, 1.165) is 16.9 Å². The van der Waals surface area contributed by atoms with Crippen molar-refractivity contribution in [1.29, 1.82) is 0 Å². The van der Waals surface area contributed by atoms with Gasteiger partial charge in [-0.05, 0) is 49.2 Å². The first-order valence-corrected chi connectivity index (χ1v) is 13.0. The van der Waals surface area contributed by atoms with E-state index in [9.17, 15) is 19.5 Å². The van der Waals surface area contributed by atoms with Crippen LogP contribution in [0.15, 0.2) is 107 Å². The first-order chi connectivity index (χ1) is 19.3. The first kappa shape index (κ1) is 26.5. The van der Waals surface area contributed by atoms with Crippen LogP contribution >= 0.6 is 0 Å². The van der Waals surface area contributed by atoms with Crippen LogP contribution in [0.2, 0.25) is 0 Å². The van der Waals surface area contributed by atoms with Gasteiger partial charge in [0.05, 0.1) is 22.9 Å². The lowest BCUT2D eigenvalue weighted by molar-refractivity contribution is 0.104. The lowest BCUT2D eigenvalue weighted by Gasteiger charge is -2.18. The molecule has 8 heteroatoms. The number of hydrogen-bond acceptors (Lipinski definition) is 5. The molecule has 0 spiro atoms. The summed E-state index contributed by atoms with van der Waals surface area (Å²) in [7, 11) is 3.41. The summed E-state index contributed by atoms with van der Waals surface area (Å²) in [5.74, 6) is -0.912. The van der Waals surface area contributed by atoms with Crippen molar-refractivity contribution in [3.8, 4) is 11.4 Å². The van der Waals surface area contributed by atoms with E-state index in [4.69, 9.17) is 0 Å². The molecular weight excluding hydrogens is 504 g/mol. The number of hydrogen-bond donors (Lipinski definition) is 2. The minimum absolute atomic E-state index is 0.184. The Balaban J connectivity index is 1.47. The summed E-state index contributed by atoms with van der Waals surface area (Å²) in [5.41, 5.74) is 2.43. The van der Waals surface area contributed by atoms with Crippen molar-refractivity contribution in [1.82, 2.24) is 13.9 Å². The van der Waals surface area contributed by atoms with Gasteiger partial charge in [0, 0.05) is 19.5 Å². The number of pyridine rings is 1. The van der Waals surface area contributed by atoms with Gasteiger partial charge in [0.15, 0.2) is 5.78 Å². The molecule has 5 aromatic rings. The van der Waals surface area contributed by atoms with E-state index in [2.05, 4.69) is 5.32 Å². The second-order valence-electron chi connectivity index (χ2n) is 9.65. The molecule has 3 aromatic carbocycles. The first-order valence-electron chi connectivity index (χ1n) is 13.0. The van der Waals surface area contributed by atoms with Crippen LogP contribution in [-0.2, 0) is 14.1 Å². The molecule has 2 heterocycles. The van der Waals surface area contributed by atoms with Gasteiger partial charge in [-0.2, -0.15) is 0 Å². The highest BCUT2D eigenvalue weighted by atomic mass is 16.3. The van der Waals surface area contributed by atoms with Gasteiger partial charge in [-0.15, -0.1) is 0 Å². The Morgan fingerprint density at radius 3 is 2.23 bits per heavy atom. The maximum absolute atomic E-state index is 13.5. The predicted octanol–water partition coefficient (Wildman–Crippen LogP) is 5.02. The molecule has 0 amide bonds. The smallest absolute Gasteiger partial charge is 0.295 e. The number of aromatic hydroxyl groups is 1. The zero-order valence-electron chi connectivity index (χ0n) is 22.5. The van der Waals surface area contributed by atoms with Crippen LogP contribution in [0.3, 0.4) is 0 Å². The summed E-state index contributed by atoms with van der Waals surface area (Å²) in [6.07, 6.45) is 3.32. The molecule has 0 aliphatic heterocycles. The molecule has 2 N–H and O–H groups in total. The molecule has 0 aliphatic carbocycles. The van der Waals surface area contributed by atoms with E-state index in [1.807, 2.05) is 74.6 Å². The molecular formula is C32H30N4O4. The Morgan fingerprint density at radius 2 is 1.52 bits per heavy atom. The van der Waals surface area contributed by atoms with Gasteiger partial charge in [0.2, 0.25) is 0 Å². The van der Waals surface area contributed by atoms with Crippen LogP contribution in [0, 0.1) is 6.92 Å². The largest absolute Gasteiger partial charge is 0.506 e. The molecule has 0 bridgehead atoms. The van der Waals surface area contributed by atoms with Gasteiger partial charge in [-0.1, -0.05) is 66.7 Å². The Kier molecular flexibility index (Phi) is 7.25. The van der Waals surface area contributed by atoms with Crippen molar-refractivity contribution < 1.29 is 9.90 Å². The fourth-order valence-corrected chi connectivity index (χ4v) is 4.97. The molecule has 0 radical (unpaired) electrons. The summed E-state index contributed by atoms with van der Waals surface area (Å²) < 4.78 is 4.78. The van der Waals surface area contributed by atoms with Crippen molar-refractivity contribution in [3.63, 3.8) is 0 Å². The lowest BCUT2D eigenvalue weighted by atomic mass is 10.0. The Labute approximate surface area is 231 Å². The Bertz CT molecular complexity index is 1850. The average molecular weight is 535 g/mol. The molecule has 0 saturated heterocycles. The fraction of sp³-hybridized carbons (Fsp3) is 0.156. The number of benzene rings is 3. The number of nitrogens with zero attached hydrogens (tertiary/aromatic N) is 3. The number of carbonyl (C=O) groups is 1. The SMILES string of the molecule is Cc1c(NC(CC=CC(=O)c2c(O)c3ccccc3n(C)c2=O)c2ccccc2)c(=O)n(-c2ccccc2)n1C. The number of carbonyl (C=O) groups excluding carboxylic acids is 1. The second kappa shape index (κ2) is 10.9. The molecule has 0 fully saturated rings. The highest BCUT2D eigenvalue weighted by molar-refractivity contribution is 6.09. The number of aromatic nitrogens is 3. The zero-order valence-corrected chi connectivity index (χ0v) is 22.5. The molecule has 202 valence electrons. The number of rotatable bonds is 8. The van der Waals surface area contributed by atoms with Crippen molar-refractivity contribution >= 4 is 22.4 Å². The van der Waals surface area contributed by atoms with E-state index in [0.29, 0.717) is 23.0 Å². The number of anilines is 1. The normalized spacial score (nSPS) is 12.2. The molecule has 0 aliphatic rings. The Morgan fingerprint density at radius 1 is 0.900 bits per heavy atom. The fourth-order valence-electron chi connectivity index (χ4n) is 4.97. The topological polar surface area (TPSA) is 98.3 Å². The monoisotopic (exact) mass is 534 g/mol. The zero-order chi connectivity index (χ0) is 28.4. The minimum Gasteiger partial charge on any atom is -0.506 e. The van der Waals surface area contributed by atoms with Crippen LogP contribution in [0.4, 0.5) is 5.69 Å². The van der Waals surface area contributed by atoms with E-state index in [-0.39, 0.29) is 22.9 Å². The van der Waals surface area contributed by atoms with Gasteiger partial charge in [0.25, 0.3) is 11.1 Å². The van der Waals surface area contributed by atoms with E-state index in [1.165, 1.54) is 10.6 Å². The summed E-state index contributed by atoms with van der Waals surface area (Å²) in [6.45, 7) is 1.88. The van der Waals surface area contributed by atoms with Crippen LogP contribution in [0.1, 0.15) is 34.1 Å². The molecule has 1 unspecified atom stereocenters. The number of nitrogens with one attached hydrogen (secondary N) is 1. The summed E-state index contributed by atoms with van der Waals surface area (Å²) >= 11 is 0. The Hall–Kier alpha value is -5.11. The molecule has 1 atom stereocenters. The highest BCUT2D eigenvalue weighted by Crippen LogP contribution is 2.27. The maximum atomic E-state index is 13.5. The van der Waals surface area contributed by atoms with Gasteiger partial charge in [-0.25, -0.2) is 4.68 Å². The molecule has 2 aromatic heterocycles. The van der Waals surface area contributed by atoms with E-state index in [1.54, 1.807) is 46.8 Å². The molecule has 0 saturated carbocycles.